The van der Waals surface area contributed by atoms with Gasteiger partial charge in [-0.25, -0.2) is 0 Å². The Balaban J connectivity index is 2.01. The first-order valence-corrected chi connectivity index (χ1v) is 6.29. The number of nitrogens with zero attached hydrogens (tertiary/aromatic N) is 2. The number of aliphatic hydroxyl groups excluding tert-OH is 1. The first kappa shape index (κ1) is 14.3. The Hall–Kier alpha value is -2.15. The Bertz CT molecular complexity index is 527. The number of benzene rings is 1. The summed E-state index contributed by atoms with van der Waals surface area (Å²) in [6.45, 7) is -0.526. The number of nitro groups is 1. The van der Waals surface area contributed by atoms with Crippen LogP contribution in [0.3, 0.4) is 0 Å². The summed E-state index contributed by atoms with van der Waals surface area (Å²) in [5.41, 5.74) is 0.170. The second kappa shape index (κ2) is 5.87. The van der Waals surface area contributed by atoms with Crippen LogP contribution >= 0.6 is 0 Å². The zero-order valence-corrected chi connectivity index (χ0v) is 11.1. The number of rotatable bonds is 6. The third-order valence-corrected chi connectivity index (χ3v) is 3.26. The number of aliphatic hydroxyl groups is 1. The Morgan fingerprint density at radius 1 is 1.55 bits per heavy atom. The number of hydrogen-bond donors (Lipinski definition) is 1. The van der Waals surface area contributed by atoms with Gasteiger partial charge < -0.3 is 14.7 Å². The first-order chi connectivity index (χ1) is 9.52. The number of carbonyl (C=O) groups is 1. The van der Waals surface area contributed by atoms with Gasteiger partial charge in [0.2, 0.25) is 0 Å². The van der Waals surface area contributed by atoms with Crippen molar-refractivity contribution in [2.24, 2.45) is 0 Å². The van der Waals surface area contributed by atoms with Gasteiger partial charge in [0.15, 0.2) is 6.61 Å². The SMILES string of the molecule is CN(C(=O)COc1ccc([N+](=O)[O-])cc1CO)C1CC1. The van der Waals surface area contributed by atoms with Crippen molar-refractivity contribution in [3.05, 3.63) is 33.9 Å². The summed E-state index contributed by atoms with van der Waals surface area (Å²) in [7, 11) is 1.73. The molecule has 1 fully saturated rings. The van der Waals surface area contributed by atoms with Crippen LogP contribution < -0.4 is 4.74 Å². The molecule has 0 radical (unpaired) electrons. The molecule has 0 atom stereocenters. The lowest BCUT2D eigenvalue weighted by Crippen LogP contribution is -2.33. The topological polar surface area (TPSA) is 92.9 Å². The molecule has 1 aromatic carbocycles. The molecule has 108 valence electrons. The highest BCUT2D eigenvalue weighted by atomic mass is 16.6. The highest BCUT2D eigenvalue weighted by molar-refractivity contribution is 5.78. The third-order valence-electron chi connectivity index (χ3n) is 3.26. The molecular weight excluding hydrogens is 264 g/mol. The van der Waals surface area contributed by atoms with Crippen molar-refractivity contribution in [2.45, 2.75) is 25.5 Å². The first-order valence-electron chi connectivity index (χ1n) is 6.29. The van der Waals surface area contributed by atoms with Gasteiger partial charge in [0, 0.05) is 30.8 Å². The van der Waals surface area contributed by atoms with E-state index in [-0.39, 0.29) is 30.6 Å². The maximum Gasteiger partial charge on any atom is 0.270 e. The van der Waals surface area contributed by atoms with E-state index in [1.165, 1.54) is 18.2 Å². The Morgan fingerprint density at radius 2 is 2.25 bits per heavy atom. The van der Waals surface area contributed by atoms with Crippen molar-refractivity contribution in [1.29, 1.82) is 0 Å². The molecule has 1 aliphatic carbocycles. The van der Waals surface area contributed by atoms with Crippen LogP contribution in [-0.2, 0) is 11.4 Å². The van der Waals surface area contributed by atoms with Crippen LogP contribution in [0.15, 0.2) is 18.2 Å². The van der Waals surface area contributed by atoms with Crippen molar-refractivity contribution < 1.29 is 19.6 Å². The molecule has 1 aliphatic rings. The average Bonchev–Trinajstić information content (AvgIpc) is 3.28. The number of carbonyl (C=O) groups excluding carboxylic acids is 1. The maximum absolute atomic E-state index is 11.8. The lowest BCUT2D eigenvalue weighted by Gasteiger charge is -2.17. The van der Waals surface area contributed by atoms with Gasteiger partial charge in [0.1, 0.15) is 5.75 Å². The van der Waals surface area contributed by atoms with Crippen LogP contribution in [0.1, 0.15) is 18.4 Å². The highest BCUT2D eigenvalue weighted by Crippen LogP contribution is 2.26. The zero-order chi connectivity index (χ0) is 14.7. The number of non-ortho nitro benzene ring substituents is 1. The van der Waals surface area contributed by atoms with Crippen molar-refractivity contribution >= 4 is 11.6 Å². The summed E-state index contributed by atoms with van der Waals surface area (Å²) in [4.78, 5) is 23.5. The molecule has 0 unspecified atom stereocenters. The van der Waals surface area contributed by atoms with E-state index in [0.717, 1.165) is 12.8 Å². The van der Waals surface area contributed by atoms with Gasteiger partial charge in [-0.15, -0.1) is 0 Å². The molecule has 2 rings (SSSR count). The molecule has 1 amide bonds. The molecule has 0 saturated heterocycles. The van der Waals surface area contributed by atoms with Crippen LogP contribution in [0.25, 0.3) is 0 Å². The van der Waals surface area contributed by atoms with Crippen molar-refractivity contribution in [1.82, 2.24) is 4.90 Å². The fourth-order valence-corrected chi connectivity index (χ4v) is 1.85. The standard InChI is InChI=1S/C13H16N2O5/c1-14(10-2-3-10)13(17)8-20-12-5-4-11(15(18)19)6-9(12)7-16/h4-6,10,16H,2-3,7-8H2,1H3. The molecule has 0 aliphatic heterocycles. The number of ether oxygens (including phenoxy) is 1. The lowest BCUT2D eigenvalue weighted by atomic mass is 10.2. The second-order valence-corrected chi connectivity index (χ2v) is 4.73. The van der Waals surface area contributed by atoms with Gasteiger partial charge in [-0.1, -0.05) is 0 Å². The Labute approximate surface area is 115 Å². The minimum Gasteiger partial charge on any atom is -0.483 e. The van der Waals surface area contributed by atoms with Gasteiger partial charge >= 0.3 is 0 Å². The zero-order valence-electron chi connectivity index (χ0n) is 11.1. The maximum atomic E-state index is 11.8. The van der Waals surface area contributed by atoms with Crippen LogP contribution in [0.4, 0.5) is 5.69 Å². The Kier molecular flexibility index (Phi) is 4.19. The predicted octanol–water partition coefficient (Wildman–Crippen LogP) is 1.09. The molecule has 1 N–H and O–H groups in total. The summed E-state index contributed by atoms with van der Waals surface area (Å²) in [5, 5.41) is 19.8. The van der Waals surface area contributed by atoms with E-state index in [1.807, 2.05) is 0 Å². The molecule has 0 spiro atoms. The minimum atomic E-state index is -0.547. The summed E-state index contributed by atoms with van der Waals surface area (Å²) in [5.74, 6) is 0.144. The minimum absolute atomic E-state index is 0.122. The fourth-order valence-electron chi connectivity index (χ4n) is 1.85. The largest absolute Gasteiger partial charge is 0.483 e. The number of amides is 1. The van der Waals surface area contributed by atoms with Crippen LogP contribution in [0.5, 0.6) is 5.75 Å². The van der Waals surface area contributed by atoms with Crippen LogP contribution in [0.2, 0.25) is 0 Å². The summed E-state index contributed by atoms with van der Waals surface area (Å²) in [6, 6.07) is 4.22. The predicted molar refractivity (Wildman–Crippen MR) is 70.3 cm³/mol. The van der Waals surface area contributed by atoms with E-state index in [4.69, 9.17) is 4.74 Å². The Morgan fingerprint density at radius 3 is 2.80 bits per heavy atom. The smallest absolute Gasteiger partial charge is 0.270 e. The average molecular weight is 280 g/mol. The van der Waals surface area contributed by atoms with Crippen molar-refractivity contribution in [2.75, 3.05) is 13.7 Å². The monoisotopic (exact) mass is 280 g/mol. The highest BCUT2D eigenvalue weighted by Gasteiger charge is 2.29. The van der Waals surface area contributed by atoms with E-state index in [9.17, 15) is 20.0 Å². The summed E-state index contributed by atoms with van der Waals surface area (Å²) < 4.78 is 5.35. The fraction of sp³-hybridized carbons (Fsp3) is 0.462. The van der Waals surface area contributed by atoms with Gasteiger partial charge in [-0.2, -0.15) is 0 Å². The van der Waals surface area contributed by atoms with E-state index < -0.39 is 4.92 Å². The quantitative estimate of drug-likeness (QED) is 0.622. The molecule has 0 aromatic heterocycles. The molecular formula is C13H16N2O5. The second-order valence-electron chi connectivity index (χ2n) is 4.73. The van der Waals surface area contributed by atoms with Crippen LogP contribution in [0, 0.1) is 10.1 Å². The number of hydrogen-bond acceptors (Lipinski definition) is 5. The third kappa shape index (κ3) is 3.24. The molecule has 7 nitrogen and oxygen atoms in total. The van der Waals surface area contributed by atoms with E-state index in [0.29, 0.717) is 11.6 Å². The molecule has 20 heavy (non-hydrogen) atoms. The molecule has 1 aromatic rings. The van der Waals surface area contributed by atoms with E-state index in [1.54, 1.807) is 11.9 Å². The van der Waals surface area contributed by atoms with Gasteiger partial charge in [0.05, 0.1) is 11.5 Å². The summed E-state index contributed by atoms with van der Waals surface area (Å²) >= 11 is 0. The van der Waals surface area contributed by atoms with E-state index in [2.05, 4.69) is 0 Å². The van der Waals surface area contributed by atoms with Gasteiger partial charge in [-0.3, -0.25) is 14.9 Å². The lowest BCUT2D eigenvalue weighted by molar-refractivity contribution is -0.385. The van der Waals surface area contributed by atoms with Crippen LogP contribution in [-0.4, -0.2) is 40.5 Å². The normalized spacial score (nSPS) is 13.9. The summed E-state index contributed by atoms with van der Waals surface area (Å²) in [6.07, 6.45) is 2.03. The van der Waals surface area contributed by atoms with Gasteiger partial charge in [-0.05, 0) is 18.9 Å². The molecule has 0 bridgehead atoms. The number of likely N-dealkylation sites (N-methyl/N-ethyl adjacent to an activating group) is 1. The van der Waals surface area contributed by atoms with E-state index >= 15 is 0 Å². The molecule has 0 heterocycles. The molecule has 7 heteroatoms. The number of nitro benzene ring substituents is 1. The van der Waals surface area contributed by atoms with Crippen molar-refractivity contribution in [3.63, 3.8) is 0 Å². The van der Waals surface area contributed by atoms with Crippen molar-refractivity contribution in [3.8, 4) is 5.75 Å². The van der Waals surface area contributed by atoms with Gasteiger partial charge in [0.25, 0.3) is 11.6 Å². The molecule has 1 saturated carbocycles.